The Hall–Kier alpha value is -2.28. The Bertz CT molecular complexity index is 934. The second-order valence-electron chi connectivity index (χ2n) is 8.81. The van der Waals surface area contributed by atoms with Crippen LogP contribution in [0.25, 0.3) is 0 Å². The second kappa shape index (κ2) is 9.47. The highest BCUT2D eigenvalue weighted by atomic mass is 32.2. The zero-order valence-electron chi connectivity index (χ0n) is 18.9. The topological polar surface area (TPSA) is 85.2 Å². The molecule has 1 aromatic carbocycles. The zero-order chi connectivity index (χ0) is 22.8. The van der Waals surface area contributed by atoms with E-state index in [9.17, 15) is 14.7 Å². The van der Waals surface area contributed by atoms with E-state index in [0.717, 1.165) is 22.8 Å². The van der Waals surface area contributed by atoms with Gasteiger partial charge < -0.3 is 14.6 Å². The molecule has 2 aliphatic rings. The van der Waals surface area contributed by atoms with E-state index < -0.39 is 11.8 Å². The molecule has 0 spiro atoms. The molecule has 1 aromatic rings. The summed E-state index contributed by atoms with van der Waals surface area (Å²) in [6.07, 6.45) is 1.08. The van der Waals surface area contributed by atoms with E-state index in [1.54, 1.807) is 23.9 Å². The van der Waals surface area contributed by atoms with Gasteiger partial charge in [-0.05, 0) is 42.2 Å². The fraction of sp³-hybridized carbons (Fsp3) is 0.542. The normalized spacial score (nSPS) is 22.6. The van der Waals surface area contributed by atoms with E-state index in [2.05, 4.69) is 20.8 Å². The SMILES string of the molecule is CCSCCOC(=O)C1C(C)=NC2=C(C(=O)CC(C)(C)C2)[C@H]1c1ccc(O)c(OC)c1. The summed E-state index contributed by atoms with van der Waals surface area (Å²) >= 11 is 1.70. The van der Waals surface area contributed by atoms with Crippen molar-refractivity contribution >= 4 is 29.2 Å². The molecular weight excluding hydrogens is 414 g/mol. The van der Waals surface area contributed by atoms with Crippen LogP contribution in [-0.4, -0.2) is 47.8 Å². The van der Waals surface area contributed by atoms with Gasteiger partial charge in [0.2, 0.25) is 0 Å². The lowest BCUT2D eigenvalue weighted by atomic mass is 9.67. The highest BCUT2D eigenvalue weighted by Crippen LogP contribution is 2.48. The van der Waals surface area contributed by atoms with Crippen molar-refractivity contribution in [3.8, 4) is 11.5 Å². The summed E-state index contributed by atoms with van der Waals surface area (Å²) in [5.74, 6) is 0.421. The quantitative estimate of drug-likeness (QED) is 0.491. The van der Waals surface area contributed by atoms with E-state index in [1.165, 1.54) is 13.2 Å². The minimum atomic E-state index is -0.690. The number of rotatable bonds is 7. The first kappa shape index (κ1) is 23.4. The van der Waals surface area contributed by atoms with Gasteiger partial charge in [-0.3, -0.25) is 14.6 Å². The average Bonchev–Trinajstić information content (AvgIpc) is 2.69. The fourth-order valence-corrected chi connectivity index (χ4v) is 4.92. The predicted octanol–water partition coefficient (Wildman–Crippen LogP) is 4.51. The number of nitrogens with zero attached hydrogens (tertiary/aromatic N) is 1. The molecule has 0 fully saturated rings. The van der Waals surface area contributed by atoms with Gasteiger partial charge in [0.05, 0.1) is 7.11 Å². The molecule has 2 atom stereocenters. The molecule has 3 rings (SSSR count). The summed E-state index contributed by atoms with van der Waals surface area (Å²) in [6.45, 7) is 8.32. The lowest BCUT2D eigenvalue weighted by Crippen LogP contribution is -2.39. The third-order valence-corrected chi connectivity index (χ3v) is 6.66. The highest BCUT2D eigenvalue weighted by Gasteiger charge is 2.46. The summed E-state index contributed by atoms with van der Waals surface area (Å²) < 4.78 is 10.9. The second-order valence-corrected chi connectivity index (χ2v) is 10.2. The number of aliphatic imine (C=N–C) groups is 1. The van der Waals surface area contributed by atoms with Gasteiger partial charge in [0.25, 0.3) is 0 Å². The Balaban J connectivity index is 2.06. The highest BCUT2D eigenvalue weighted by molar-refractivity contribution is 7.99. The third-order valence-electron chi connectivity index (χ3n) is 5.80. The number of carbonyl (C=O) groups excluding carboxylic acids is 2. The first-order valence-corrected chi connectivity index (χ1v) is 11.8. The van der Waals surface area contributed by atoms with E-state index in [4.69, 9.17) is 14.5 Å². The van der Waals surface area contributed by atoms with Crippen molar-refractivity contribution in [2.45, 2.75) is 46.5 Å². The Morgan fingerprint density at radius 3 is 2.74 bits per heavy atom. The number of hydrogen-bond acceptors (Lipinski definition) is 7. The standard InChI is InChI=1S/C24H31NO5S/c1-6-31-10-9-30-23(28)20-14(2)25-16-12-24(3,4)13-18(27)22(16)21(20)15-7-8-17(26)19(11-15)29-5/h7-8,11,20-21,26H,6,9-10,12-13H2,1-5H3/t20?,21-/m0/s1. The molecule has 31 heavy (non-hydrogen) atoms. The first-order chi connectivity index (χ1) is 14.7. The first-order valence-electron chi connectivity index (χ1n) is 10.6. The van der Waals surface area contributed by atoms with Gasteiger partial charge in [-0.15, -0.1) is 0 Å². The number of phenolic OH excluding ortho intramolecular Hbond substituents is 1. The maximum atomic E-state index is 13.3. The minimum absolute atomic E-state index is 0.00784. The maximum absolute atomic E-state index is 13.3. The van der Waals surface area contributed by atoms with Crippen LogP contribution in [0.15, 0.2) is 34.5 Å². The Kier molecular flexibility index (Phi) is 7.14. The van der Waals surface area contributed by atoms with E-state index >= 15 is 0 Å². The van der Waals surface area contributed by atoms with Crippen LogP contribution >= 0.6 is 11.8 Å². The maximum Gasteiger partial charge on any atom is 0.315 e. The Labute approximate surface area is 188 Å². The molecule has 0 amide bonds. The number of carbonyl (C=O) groups is 2. The van der Waals surface area contributed by atoms with Crippen LogP contribution in [0.3, 0.4) is 0 Å². The molecule has 0 saturated heterocycles. The Morgan fingerprint density at radius 1 is 1.32 bits per heavy atom. The van der Waals surface area contributed by atoms with Crippen molar-refractivity contribution in [3.63, 3.8) is 0 Å². The molecule has 0 saturated carbocycles. The van der Waals surface area contributed by atoms with Crippen LogP contribution in [-0.2, 0) is 14.3 Å². The molecule has 1 unspecified atom stereocenters. The van der Waals surface area contributed by atoms with Crippen molar-refractivity contribution in [2.24, 2.45) is 16.3 Å². The molecule has 0 radical (unpaired) electrons. The number of ketones is 1. The summed E-state index contributed by atoms with van der Waals surface area (Å²) in [5.41, 5.74) is 2.54. The summed E-state index contributed by atoms with van der Waals surface area (Å²) in [4.78, 5) is 31.1. The van der Waals surface area contributed by atoms with Gasteiger partial charge in [-0.25, -0.2) is 0 Å². The summed E-state index contributed by atoms with van der Waals surface area (Å²) in [5, 5.41) is 10.1. The summed E-state index contributed by atoms with van der Waals surface area (Å²) in [7, 11) is 1.47. The zero-order valence-corrected chi connectivity index (χ0v) is 19.7. The van der Waals surface area contributed by atoms with Gasteiger partial charge in [0, 0.05) is 35.1 Å². The lowest BCUT2D eigenvalue weighted by molar-refractivity contribution is -0.145. The van der Waals surface area contributed by atoms with Crippen LogP contribution in [0.5, 0.6) is 11.5 Å². The number of Topliss-reactive ketones (excluding diaryl/α,β-unsaturated/α-hetero) is 1. The van der Waals surface area contributed by atoms with Crippen molar-refractivity contribution in [1.82, 2.24) is 0 Å². The summed E-state index contributed by atoms with van der Waals surface area (Å²) in [6, 6.07) is 4.97. The number of thioether (sulfide) groups is 1. The van der Waals surface area contributed by atoms with Crippen molar-refractivity contribution < 1.29 is 24.2 Å². The van der Waals surface area contributed by atoms with Crippen LogP contribution in [0, 0.1) is 11.3 Å². The van der Waals surface area contributed by atoms with Gasteiger partial charge in [0.1, 0.15) is 12.5 Å². The Morgan fingerprint density at radius 2 is 2.06 bits per heavy atom. The molecule has 168 valence electrons. The fourth-order valence-electron chi connectivity index (χ4n) is 4.43. The molecule has 1 N–H and O–H groups in total. The number of allylic oxidation sites excluding steroid dienone is 2. The number of hydrogen-bond donors (Lipinski definition) is 1. The monoisotopic (exact) mass is 445 g/mol. The largest absolute Gasteiger partial charge is 0.504 e. The van der Waals surface area contributed by atoms with Gasteiger partial charge in [-0.2, -0.15) is 11.8 Å². The number of esters is 1. The molecule has 1 aliphatic heterocycles. The number of ether oxygens (including phenoxy) is 2. The van der Waals surface area contributed by atoms with Gasteiger partial charge >= 0.3 is 5.97 Å². The van der Waals surface area contributed by atoms with E-state index in [0.29, 0.717) is 36.5 Å². The number of benzene rings is 1. The van der Waals surface area contributed by atoms with Crippen molar-refractivity contribution in [2.75, 3.05) is 25.2 Å². The van der Waals surface area contributed by atoms with Crippen molar-refractivity contribution in [3.05, 3.63) is 35.0 Å². The predicted molar refractivity (Wildman–Crippen MR) is 123 cm³/mol. The molecule has 7 heteroatoms. The van der Waals surface area contributed by atoms with Crippen LogP contribution < -0.4 is 4.74 Å². The minimum Gasteiger partial charge on any atom is -0.504 e. The third kappa shape index (κ3) is 4.97. The molecule has 6 nitrogen and oxygen atoms in total. The number of aromatic hydroxyl groups is 1. The number of phenols is 1. The smallest absolute Gasteiger partial charge is 0.315 e. The molecular formula is C24H31NO5S. The van der Waals surface area contributed by atoms with Gasteiger partial charge in [-0.1, -0.05) is 26.8 Å². The lowest BCUT2D eigenvalue weighted by Gasteiger charge is -2.39. The van der Waals surface area contributed by atoms with Crippen molar-refractivity contribution in [1.29, 1.82) is 0 Å². The molecule has 1 aliphatic carbocycles. The van der Waals surface area contributed by atoms with Crippen LogP contribution in [0.4, 0.5) is 0 Å². The van der Waals surface area contributed by atoms with E-state index in [-0.39, 0.29) is 22.9 Å². The average molecular weight is 446 g/mol. The molecule has 0 aromatic heterocycles. The van der Waals surface area contributed by atoms with Crippen LogP contribution in [0.2, 0.25) is 0 Å². The number of methoxy groups -OCH3 is 1. The molecule has 0 bridgehead atoms. The van der Waals surface area contributed by atoms with Gasteiger partial charge in [0.15, 0.2) is 17.3 Å². The van der Waals surface area contributed by atoms with Crippen LogP contribution in [0.1, 0.15) is 52.0 Å². The van der Waals surface area contributed by atoms with E-state index in [1.807, 2.05) is 6.92 Å². The molecule has 1 heterocycles.